The van der Waals surface area contributed by atoms with Gasteiger partial charge in [0.15, 0.2) is 0 Å². The number of nitrogens with one attached hydrogen (secondary N) is 2. The largest absolute Gasteiger partial charge is 0.495 e. The molecule has 2 rings (SSSR count). The van der Waals surface area contributed by atoms with Crippen LogP contribution in [0.4, 0.5) is 11.4 Å². The van der Waals surface area contributed by atoms with E-state index in [1.165, 1.54) is 31.4 Å². The van der Waals surface area contributed by atoms with Gasteiger partial charge in [-0.15, -0.1) is 0 Å². The summed E-state index contributed by atoms with van der Waals surface area (Å²) in [5.41, 5.74) is 0.463. The van der Waals surface area contributed by atoms with Crippen LogP contribution in [0.25, 0.3) is 0 Å². The average Bonchev–Trinajstić information content (AvgIpc) is 2.48. The number of anilines is 2. The second-order valence-corrected chi connectivity index (χ2v) is 7.25. The van der Waals surface area contributed by atoms with Gasteiger partial charge in [0.25, 0.3) is 5.91 Å². The van der Waals surface area contributed by atoms with Crippen molar-refractivity contribution in [3.63, 3.8) is 0 Å². The number of methoxy groups -OCH3 is 1. The van der Waals surface area contributed by atoms with Crippen molar-refractivity contribution >= 4 is 50.5 Å². The molecule has 0 aliphatic heterocycles. The van der Waals surface area contributed by atoms with E-state index in [0.29, 0.717) is 11.4 Å². The molecule has 0 saturated heterocycles. The van der Waals surface area contributed by atoms with E-state index in [1.54, 1.807) is 6.07 Å². The van der Waals surface area contributed by atoms with Crippen molar-refractivity contribution in [2.75, 3.05) is 23.4 Å². The highest BCUT2D eigenvalue weighted by Crippen LogP contribution is 2.29. The summed E-state index contributed by atoms with van der Waals surface area (Å²) in [6.07, 6.45) is 1.01. The molecule has 0 aliphatic rings. The standard InChI is InChI=1S/C14H13Cl2N3O4S/c1-23-11-5-3-8(7-10(11)19-24(2,21)22)17-14(20)13-9(15)4-6-12(16)18-13/h3-7,19H,1-2H3,(H,17,20). The van der Waals surface area contributed by atoms with Gasteiger partial charge in [-0.1, -0.05) is 23.2 Å². The van der Waals surface area contributed by atoms with Gasteiger partial charge in [-0.3, -0.25) is 9.52 Å². The summed E-state index contributed by atoms with van der Waals surface area (Å²) >= 11 is 11.7. The highest BCUT2D eigenvalue weighted by Gasteiger charge is 2.15. The van der Waals surface area contributed by atoms with Crippen LogP contribution >= 0.6 is 23.2 Å². The topological polar surface area (TPSA) is 97.4 Å². The van der Waals surface area contributed by atoms with Gasteiger partial charge in [0.1, 0.15) is 16.6 Å². The van der Waals surface area contributed by atoms with Crippen molar-refractivity contribution in [3.05, 3.63) is 46.2 Å². The van der Waals surface area contributed by atoms with Gasteiger partial charge in [0.05, 0.1) is 24.1 Å². The zero-order chi connectivity index (χ0) is 17.9. The minimum absolute atomic E-state index is 0.0439. The first-order valence-corrected chi connectivity index (χ1v) is 9.13. The third-order valence-corrected chi connectivity index (χ3v) is 3.89. The molecule has 1 aromatic heterocycles. The lowest BCUT2D eigenvalue weighted by Crippen LogP contribution is -2.15. The lowest BCUT2D eigenvalue weighted by atomic mass is 10.2. The number of halogens is 2. The second-order valence-electron chi connectivity index (χ2n) is 4.71. The number of aromatic nitrogens is 1. The Morgan fingerprint density at radius 2 is 1.92 bits per heavy atom. The number of benzene rings is 1. The van der Waals surface area contributed by atoms with Gasteiger partial charge >= 0.3 is 0 Å². The zero-order valence-electron chi connectivity index (χ0n) is 12.6. The molecule has 1 heterocycles. The Morgan fingerprint density at radius 1 is 1.21 bits per heavy atom. The van der Waals surface area contributed by atoms with Crippen molar-refractivity contribution in [1.29, 1.82) is 0 Å². The van der Waals surface area contributed by atoms with E-state index in [2.05, 4.69) is 15.0 Å². The molecule has 128 valence electrons. The average molecular weight is 390 g/mol. The number of rotatable bonds is 5. The molecule has 0 aliphatic carbocycles. The highest BCUT2D eigenvalue weighted by atomic mass is 35.5. The SMILES string of the molecule is COc1ccc(NC(=O)c2nc(Cl)ccc2Cl)cc1NS(C)(=O)=O. The van der Waals surface area contributed by atoms with Gasteiger partial charge in [-0.05, 0) is 30.3 Å². The molecule has 2 N–H and O–H groups in total. The molecule has 1 aromatic carbocycles. The molecule has 0 radical (unpaired) electrons. The number of nitrogens with zero attached hydrogens (tertiary/aromatic N) is 1. The van der Waals surface area contributed by atoms with E-state index in [0.717, 1.165) is 6.26 Å². The monoisotopic (exact) mass is 389 g/mol. The minimum atomic E-state index is -3.51. The van der Waals surface area contributed by atoms with Gasteiger partial charge in [0.2, 0.25) is 10.0 Å². The Kier molecular flexibility index (Phi) is 5.53. The molecule has 2 aromatic rings. The number of sulfonamides is 1. The van der Waals surface area contributed by atoms with E-state index in [9.17, 15) is 13.2 Å². The summed E-state index contributed by atoms with van der Waals surface area (Å²) in [5, 5.41) is 2.83. The van der Waals surface area contributed by atoms with Crippen LogP contribution in [0.5, 0.6) is 5.75 Å². The van der Waals surface area contributed by atoms with Crippen molar-refractivity contribution in [2.24, 2.45) is 0 Å². The quantitative estimate of drug-likeness (QED) is 0.765. The van der Waals surface area contributed by atoms with Crippen LogP contribution in [-0.2, 0) is 10.0 Å². The maximum Gasteiger partial charge on any atom is 0.275 e. The van der Waals surface area contributed by atoms with E-state index >= 15 is 0 Å². The van der Waals surface area contributed by atoms with E-state index in [1.807, 2.05) is 0 Å². The molecular formula is C14H13Cl2N3O4S. The number of hydrogen-bond donors (Lipinski definition) is 2. The zero-order valence-corrected chi connectivity index (χ0v) is 15.0. The normalized spacial score (nSPS) is 11.0. The minimum Gasteiger partial charge on any atom is -0.495 e. The summed E-state index contributed by atoms with van der Waals surface area (Å²) in [5.74, 6) is -0.282. The maximum absolute atomic E-state index is 12.3. The van der Waals surface area contributed by atoms with Crippen LogP contribution in [-0.4, -0.2) is 32.7 Å². The second kappa shape index (κ2) is 7.25. The van der Waals surface area contributed by atoms with Crippen LogP contribution in [0.2, 0.25) is 10.2 Å². The van der Waals surface area contributed by atoms with Crippen LogP contribution in [0, 0.1) is 0 Å². The fourth-order valence-corrected chi connectivity index (χ4v) is 2.73. The fraction of sp³-hybridized carbons (Fsp3) is 0.143. The molecule has 7 nitrogen and oxygen atoms in total. The van der Waals surface area contributed by atoms with Crippen molar-refractivity contribution < 1.29 is 17.9 Å². The number of carbonyl (C=O) groups excluding carboxylic acids is 1. The number of ether oxygens (including phenoxy) is 1. The van der Waals surface area contributed by atoms with E-state index < -0.39 is 15.9 Å². The molecule has 0 spiro atoms. The third kappa shape index (κ3) is 4.73. The summed E-state index contributed by atoms with van der Waals surface area (Å²) in [6, 6.07) is 7.38. The molecule has 1 amide bonds. The molecular weight excluding hydrogens is 377 g/mol. The Balaban J connectivity index is 2.31. The van der Waals surface area contributed by atoms with E-state index in [-0.39, 0.29) is 21.6 Å². The van der Waals surface area contributed by atoms with E-state index in [4.69, 9.17) is 27.9 Å². The van der Waals surface area contributed by atoms with Crippen LogP contribution in [0.1, 0.15) is 10.5 Å². The third-order valence-electron chi connectivity index (χ3n) is 2.78. The molecule has 0 fully saturated rings. The number of pyridine rings is 1. The summed E-state index contributed by atoms with van der Waals surface area (Å²) in [4.78, 5) is 16.1. The smallest absolute Gasteiger partial charge is 0.275 e. The Hall–Kier alpha value is -2.03. The van der Waals surface area contributed by atoms with Gasteiger partial charge in [0, 0.05) is 5.69 Å². The van der Waals surface area contributed by atoms with Crippen LogP contribution in [0.3, 0.4) is 0 Å². The Labute approximate surface area is 149 Å². The maximum atomic E-state index is 12.3. The van der Waals surface area contributed by atoms with Crippen molar-refractivity contribution in [1.82, 2.24) is 4.98 Å². The molecule has 0 unspecified atom stereocenters. The van der Waals surface area contributed by atoms with Gasteiger partial charge in [-0.25, -0.2) is 13.4 Å². The lowest BCUT2D eigenvalue weighted by molar-refractivity contribution is 0.102. The first-order chi connectivity index (χ1) is 11.2. The van der Waals surface area contributed by atoms with Crippen molar-refractivity contribution in [2.45, 2.75) is 0 Å². The predicted octanol–water partition coefficient (Wildman–Crippen LogP) is 3.02. The first kappa shape index (κ1) is 18.3. The summed E-state index contributed by atoms with van der Waals surface area (Å²) < 4.78 is 30.2. The Morgan fingerprint density at radius 3 is 2.54 bits per heavy atom. The molecule has 24 heavy (non-hydrogen) atoms. The molecule has 10 heteroatoms. The van der Waals surface area contributed by atoms with Crippen LogP contribution < -0.4 is 14.8 Å². The van der Waals surface area contributed by atoms with Crippen LogP contribution in [0.15, 0.2) is 30.3 Å². The lowest BCUT2D eigenvalue weighted by Gasteiger charge is -2.12. The molecule has 0 saturated carbocycles. The number of carbonyl (C=O) groups is 1. The van der Waals surface area contributed by atoms with Crippen molar-refractivity contribution in [3.8, 4) is 5.75 Å². The number of amides is 1. The number of hydrogen-bond acceptors (Lipinski definition) is 5. The molecule has 0 atom stereocenters. The molecule has 0 bridgehead atoms. The first-order valence-electron chi connectivity index (χ1n) is 6.49. The summed E-state index contributed by atoms with van der Waals surface area (Å²) in [6.45, 7) is 0. The highest BCUT2D eigenvalue weighted by molar-refractivity contribution is 7.92. The fourth-order valence-electron chi connectivity index (χ4n) is 1.83. The summed E-state index contributed by atoms with van der Waals surface area (Å²) in [7, 11) is -2.11. The Bertz CT molecular complexity index is 888. The van der Waals surface area contributed by atoms with Gasteiger partial charge in [-0.2, -0.15) is 0 Å². The predicted molar refractivity (Wildman–Crippen MR) is 93.7 cm³/mol. The van der Waals surface area contributed by atoms with Gasteiger partial charge < -0.3 is 10.1 Å².